The van der Waals surface area contributed by atoms with E-state index in [0.717, 1.165) is 47.3 Å². The highest BCUT2D eigenvalue weighted by Crippen LogP contribution is 2.37. The summed E-state index contributed by atoms with van der Waals surface area (Å²) in [4.78, 5) is 4.87. The molecule has 2 aliphatic rings. The Hall–Kier alpha value is -3.74. The van der Waals surface area contributed by atoms with Crippen molar-refractivity contribution in [2.45, 2.75) is 22.0 Å². The van der Waals surface area contributed by atoms with Crippen molar-refractivity contribution in [2.75, 3.05) is 29.6 Å². The lowest BCUT2D eigenvalue weighted by molar-refractivity contribution is 0.426. The van der Waals surface area contributed by atoms with E-state index in [1.54, 1.807) is 0 Å². The number of thioether (sulfide) groups is 2. The van der Waals surface area contributed by atoms with Gasteiger partial charge in [-0.1, -0.05) is 72.8 Å². The molecule has 0 spiro atoms. The highest BCUT2D eigenvalue weighted by Gasteiger charge is 2.23. The van der Waals surface area contributed by atoms with Gasteiger partial charge >= 0.3 is 0 Å². The van der Waals surface area contributed by atoms with Gasteiger partial charge in [-0.15, -0.1) is 23.5 Å². The largest absolute Gasteiger partial charge is 0.372 e. The Morgan fingerprint density at radius 3 is 1.35 bits per heavy atom. The third kappa shape index (κ3) is 7.43. The van der Waals surface area contributed by atoms with Crippen LogP contribution in [0.2, 0.25) is 0 Å². The summed E-state index contributed by atoms with van der Waals surface area (Å²) in [5.74, 6) is 2.02. The molecule has 1 unspecified atom stereocenters. The molecule has 214 valence electrons. The maximum atomic E-state index is 5.39. The Morgan fingerprint density at radius 2 is 0.953 bits per heavy atom. The fraction of sp³-hybridized carbons (Fsp3) is 0.158. The predicted octanol–water partition coefficient (Wildman–Crippen LogP) is 9.73. The minimum absolute atomic E-state index is 0.417. The first-order valence-electron chi connectivity index (χ1n) is 14.7. The van der Waals surface area contributed by atoms with Crippen LogP contribution in [0.25, 0.3) is 11.6 Å². The van der Waals surface area contributed by atoms with E-state index in [1.165, 1.54) is 26.5 Å². The maximum absolute atomic E-state index is 5.39. The average molecular weight is 600 g/mol. The summed E-state index contributed by atoms with van der Waals surface area (Å²) in [6.07, 6.45) is 3.12. The number of ether oxygens (including phenoxy) is 2. The number of nitrogens with zero attached hydrogens (tertiary/aromatic N) is 1. The maximum Gasteiger partial charge on any atom is 0.0903 e. The zero-order valence-corrected chi connectivity index (χ0v) is 25.5. The second kappa shape index (κ2) is 13.3. The van der Waals surface area contributed by atoms with Crippen LogP contribution in [0.1, 0.15) is 16.7 Å². The van der Waals surface area contributed by atoms with Gasteiger partial charge in [-0.05, 0) is 89.0 Å². The van der Waals surface area contributed by atoms with Crippen molar-refractivity contribution in [3.05, 3.63) is 150 Å². The lowest BCUT2D eigenvalue weighted by Gasteiger charge is -2.26. The molecule has 2 fully saturated rings. The van der Waals surface area contributed by atoms with Crippen LogP contribution in [0.3, 0.4) is 0 Å². The van der Waals surface area contributed by atoms with Crippen LogP contribution in [-0.4, -0.2) is 36.9 Å². The van der Waals surface area contributed by atoms with Crippen molar-refractivity contribution in [3.63, 3.8) is 0 Å². The fourth-order valence-electron chi connectivity index (χ4n) is 4.99. The molecule has 2 saturated heterocycles. The van der Waals surface area contributed by atoms with Crippen molar-refractivity contribution in [1.82, 2.24) is 0 Å². The van der Waals surface area contributed by atoms with E-state index in [-0.39, 0.29) is 0 Å². The lowest BCUT2D eigenvalue weighted by atomic mass is 9.95. The molecule has 0 aliphatic carbocycles. The van der Waals surface area contributed by atoms with Gasteiger partial charge < -0.3 is 14.4 Å². The molecule has 2 atom stereocenters. The molecule has 43 heavy (non-hydrogen) atoms. The minimum Gasteiger partial charge on any atom is -0.372 e. The minimum atomic E-state index is 0.417. The van der Waals surface area contributed by atoms with E-state index in [1.807, 2.05) is 23.5 Å². The lowest BCUT2D eigenvalue weighted by Crippen LogP contribution is -2.09. The fourth-order valence-corrected chi connectivity index (χ4v) is 6.79. The molecule has 0 radical (unpaired) electrons. The summed E-state index contributed by atoms with van der Waals surface area (Å²) in [6, 6.07) is 47.9. The molecule has 0 saturated carbocycles. The van der Waals surface area contributed by atoms with Crippen molar-refractivity contribution in [3.8, 4) is 0 Å². The van der Waals surface area contributed by atoms with Gasteiger partial charge in [-0.25, -0.2) is 0 Å². The van der Waals surface area contributed by atoms with Crippen molar-refractivity contribution >= 4 is 52.2 Å². The van der Waals surface area contributed by atoms with Gasteiger partial charge in [-0.3, -0.25) is 0 Å². The normalized spacial score (nSPS) is 16.8. The Morgan fingerprint density at radius 1 is 0.558 bits per heavy atom. The van der Waals surface area contributed by atoms with Crippen LogP contribution in [-0.2, 0) is 9.47 Å². The van der Waals surface area contributed by atoms with Crippen LogP contribution < -0.4 is 4.90 Å². The topological polar surface area (TPSA) is 28.3 Å². The number of epoxide rings is 2. The number of rotatable bonds is 12. The first-order valence-corrected chi connectivity index (χ1v) is 16.7. The van der Waals surface area contributed by atoms with Gasteiger partial charge in [0.25, 0.3) is 0 Å². The van der Waals surface area contributed by atoms with Crippen molar-refractivity contribution < 1.29 is 9.47 Å². The zero-order valence-electron chi connectivity index (χ0n) is 23.8. The molecular weight excluding hydrogens is 567 g/mol. The molecule has 2 heterocycles. The first kappa shape index (κ1) is 28.1. The second-order valence-corrected chi connectivity index (χ2v) is 12.9. The quantitative estimate of drug-likeness (QED) is 0.0809. The monoisotopic (exact) mass is 599 g/mol. The summed E-state index contributed by atoms with van der Waals surface area (Å²) in [5, 5.41) is 0. The van der Waals surface area contributed by atoms with E-state index < -0.39 is 0 Å². The number of anilines is 3. The SMILES string of the molecule is C(=C(c1ccccc1)c1ccccc1)c1ccc(N(c2ccc(SCC3CO3)cc2)c2ccc(SC[C@H]3CO3)cc2)cc1. The van der Waals surface area contributed by atoms with Crippen LogP contribution >= 0.6 is 23.5 Å². The Bertz CT molecular complexity index is 1550. The predicted molar refractivity (Wildman–Crippen MR) is 182 cm³/mol. The molecule has 0 N–H and O–H groups in total. The summed E-state index contributed by atoms with van der Waals surface area (Å²) >= 11 is 3.72. The summed E-state index contributed by atoms with van der Waals surface area (Å²) < 4.78 is 10.8. The third-order valence-corrected chi connectivity index (χ3v) is 9.79. The van der Waals surface area contributed by atoms with Gasteiger partial charge in [0.1, 0.15) is 0 Å². The van der Waals surface area contributed by atoms with Gasteiger partial charge in [-0.2, -0.15) is 0 Å². The van der Waals surface area contributed by atoms with E-state index in [0.29, 0.717) is 12.2 Å². The van der Waals surface area contributed by atoms with Crippen LogP contribution in [0, 0.1) is 0 Å². The Balaban J connectivity index is 1.19. The first-order chi connectivity index (χ1) is 21.3. The molecule has 0 bridgehead atoms. The van der Waals surface area contributed by atoms with Crippen LogP contribution in [0.15, 0.2) is 143 Å². The highest BCUT2D eigenvalue weighted by molar-refractivity contribution is 7.99. The van der Waals surface area contributed by atoms with E-state index in [4.69, 9.17) is 9.47 Å². The smallest absolute Gasteiger partial charge is 0.0903 e. The van der Waals surface area contributed by atoms with Crippen LogP contribution in [0.4, 0.5) is 17.1 Å². The Labute approximate surface area is 262 Å². The number of benzene rings is 5. The zero-order chi connectivity index (χ0) is 28.8. The van der Waals surface area contributed by atoms with Crippen molar-refractivity contribution in [2.24, 2.45) is 0 Å². The van der Waals surface area contributed by atoms with Gasteiger partial charge in [0.05, 0.1) is 25.4 Å². The van der Waals surface area contributed by atoms with Gasteiger partial charge in [0.2, 0.25) is 0 Å². The van der Waals surface area contributed by atoms with E-state index in [2.05, 4.69) is 144 Å². The molecule has 7 rings (SSSR count). The number of hydrogen-bond donors (Lipinski definition) is 0. The van der Waals surface area contributed by atoms with E-state index in [9.17, 15) is 0 Å². The summed E-state index contributed by atoms with van der Waals surface area (Å²) in [7, 11) is 0. The van der Waals surface area contributed by atoms with Crippen molar-refractivity contribution in [1.29, 1.82) is 0 Å². The molecule has 5 aromatic rings. The average Bonchev–Trinajstić information content (AvgIpc) is 4.01. The Kier molecular flexibility index (Phi) is 8.66. The highest BCUT2D eigenvalue weighted by atomic mass is 32.2. The molecular formula is C38H33NO2S2. The summed E-state index contributed by atoms with van der Waals surface area (Å²) in [5.41, 5.74) is 8.17. The molecule has 3 nitrogen and oxygen atoms in total. The summed E-state index contributed by atoms with van der Waals surface area (Å²) in [6.45, 7) is 1.79. The molecule has 5 heteroatoms. The van der Waals surface area contributed by atoms with E-state index >= 15 is 0 Å². The second-order valence-electron chi connectivity index (χ2n) is 10.7. The van der Waals surface area contributed by atoms with Crippen LogP contribution in [0.5, 0.6) is 0 Å². The van der Waals surface area contributed by atoms with Gasteiger partial charge in [0.15, 0.2) is 0 Å². The molecule has 0 aromatic heterocycles. The molecule has 2 aliphatic heterocycles. The van der Waals surface area contributed by atoms with Gasteiger partial charge in [0, 0.05) is 38.4 Å². The molecule has 0 amide bonds. The third-order valence-electron chi connectivity index (χ3n) is 7.50. The molecule has 5 aromatic carbocycles. The number of hydrogen-bond acceptors (Lipinski definition) is 5. The standard InChI is InChI=1S/C38H33NO2S2/c1-3-7-29(8-4-1)38(30-9-5-2-6-10-30)23-28-11-13-31(14-12-28)39(32-15-19-36(20-16-32)42-26-34-24-40-34)33-17-21-37(22-18-33)43-27-35-25-41-35/h1-23,34-35H,24-27H2/t34-,35?/m1/s1.